The normalized spacial score (nSPS) is 30.3. The monoisotopic (exact) mass is 428 g/mol. The highest BCUT2D eigenvalue weighted by atomic mass is 16.8. The third-order valence-electron chi connectivity index (χ3n) is 4.56. The fraction of sp³-hybridized carbons (Fsp3) is 0.727. The molecule has 0 radical (unpaired) electrons. The van der Waals surface area contributed by atoms with Crippen LogP contribution in [0.15, 0.2) is 25.3 Å². The fourth-order valence-corrected chi connectivity index (χ4v) is 3.05. The lowest BCUT2D eigenvalue weighted by Crippen LogP contribution is -2.29. The van der Waals surface area contributed by atoms with Gasteiger partial charge in [-0.1, -0.05) is 33.9 Å². The second-order valence-electron chi connectivity index (χ2n) is 7.99. The van der Waals surface area contributed by atoms with E-state index in [1.807, 2.05) is 20.8 Å². The quantitative estimate of drug-likeness (QED) is 0.409. The maximum atomic E-state index is 10.9. The Labute approximate surface area is 179 Å². The fourth-order valence-electron chi connectivity index (χ4n) is 3.05. The van der Waals surface area contributed by atoms with E-state index in [0.29, 0.717) is 19.1 Å². The van der Waals surface area contributed by atoms with Gasteiger partial charge in [0.1, 0.15) is 25.4 Å². The Kier molecular flexibility index (Phi) is 10.7. The SMILES string of the molecule is C=CC(=O)OCC1COC(C)(CC(C)C)O1.C=CC(=O)OCC1COC(C)(CC)O1. The van der Waals surface area contributed by atoms with Crippen LogP contribution in [0.4, 0.5) is 0 Å². The summed E-state index contributed by atoms with van der Waals surface area (Å²) in [5.74, 6) is -1.43. The lowest BCUT2D eigenvalue weighted by Gasteiger charge is -2.25. The Balaban J connectivity index is 0.000000303. The number of hydrogen-bond acceptors (Lipinski definition) is 8. The van der Waals surface area contributed by atoms with Crippen LogP contribution in [0.25, 0.3) is 0 Å². The first kappa shape index (κ1) is 26.3. The topological polar surface area (TPSA) is 89.5 Å². The molecular weight excluding hydrogens is 392 g/mol. The molecule has 2 aliphatic rings. The van der Waals surface area contributed by atoms with Gasteiger partial charge in [0, 0.05) is 18.6 Å². The van der Waals surface area contributed by atoms with Crippen LogP contribution in [-0.4, -0.2) is 62.1 Å². The van der Waals surface area contributed by atoms with Crippen molar-refractivity contribution in [1.29, 1.82) is 0 Å². The second-order valence-corrected chi connectivity index (χ2v) is 7.99. The van der Waals surface area contributed by atoms with Crippen LogP contribution in [0.1, 0.15) is 47.5 Å². The van der Waals surface area contributed by atoms with Crippen LogP contribution in [-0.2, 0) is 38.0 Å². The molecule has 0 saturated carbocycles. The van der Waals surface area contributed by atoms with Crippen molar-refractivity contribution in [1.82, 2.24) is 0 Å². The third-order valence-corrected chi connectivity index (χ3v) is 4.56. The molecule has 2 rings (SSSR count). The van der Waals surface area contributed by atoms with Crippen molar-refractivity contribution in [2.45, 2.75) is 71.2 Å². The van der Waals surface area contributed by atoms with Crippen LogP contribution < -0.4 is 0 Å². The molecule has 2 aliphatic heterocycles. The first-order chi connectivity index (χ1) is 14.0. The number of hydrogen-bond donors (Lipinski definition) is 0. The Hall–Kier alpha value is -1.74. The molecule has 0 aromatic carbocycles. The second kappa shape index (κ2) is 12.2. The van der Waals surface area contributed by atoms with Gasteiger partial charge >= 0.3 is 11.9 Å². The van der Waals surface area contributed by atoms with E-state index in [-0.39, 0.29) is 25.4 Å². The number of rotatable bonds is 9. The molecule has 2 saturated heterocycles. The Morgan fingerprint density at radius 2 is 1.40 bits per heavy atom. The summed E-state index contributed by atoms with van der Waals surface area (Å²) in [5.41, 5.74) is 0. The molecule has 2 heterocycles. The van der Waals surface area contributed by atoms with Crippen LogP contribution in [0.3, 0.4) is 0 Å². The highest BCUT2D eigenvalue weighted by Gasteiger charge is 2.38. The van der Waals surface area contributed by atoms with Gasteiger partial charge in [-0.25, -0.2) is 9.59 Å². The van der Waals surface area contributed by atoms with Crippen LogP contribution in [0, 0.1) is 5.92 Å². The third kappa shape index (κ3) is 9.38. The van der Waals surface area contributed by atoms with Gasteiger partial charge in [-0.15, -0.1) is 0 Å². The molecule has 0 amide bonds. The minimum Gasteiger partial charge on any atom is -0.460 e. The van der Waals surface area contributed by atoms with Crippen LogP contribution >= 0.6 is 0 Å². The average molecular weight is 429 g/mol. The van der Waals surface area contributed by atoms with E-state index in [4.69, 9.17) is 28.4 Å². The molecule has 4 atom stereocenters. The minimum atomic E-state index is -0.542. The maximum Gasteiger partial charge on any atom is 0.330 e. The Morgan fingerprint density at radius 3 is 1.77 bits per heavy atom. The predicted octanol–water partition coefficient (Wildman–Crippen LogP) is 3.15. The van der Waals surface area contributed by atoms with Crippen molar-refractivity contribution in [2.75, 3.05) is 26.4 Å². The van der Waals surface area contributed by atoms with E-state index in [1.165, 1.54) is 0 Å². The molecule has 172 valence electrons. The molecule has 30 heavy (non-hydrogen) atoms. The molecule has 0 bridgehead atoms. The summed E-state index contributed by atoms with van der Waals surface area (Å²) >= 11 is 0. The zero-order valence-electron chi connectivity index (χ0n) is 18.8. The Bertz CT molecular complexity index is 590. The zero-order chi connectivity index (χ0) is 22.8. The molecule has 0 aromatic rings. The first-order valence-corrected chi connectivity index (χ1v) is 10.3. The van der Waals surface area contributed by atoms with E-state index >= 15 is 0 Å². The molecule has 0 N–H and O–H groups in total. The van der Waals surface area contributed by atoms with Gasteiger partial charge in [0.25, 0.3) is 0 Å². The zero-order valence-corrected chi connectivity index (χ0v) is 18.8. The molecule has 8 nitrogen and oxygen atoms in total. The average Bonchev–Trinajstić information content (AvgIpc) is 3.27. The van der Waals surface area contributed by atoms with Crippen molar-refractivity contribution >= 4 is 11.9 Å². The van der Waals surface area contributed by atoms with E-state index in [9.17, 15) is 9.59 Å². The van der Waals surface area contributed by atoms with Gasteiger partial charge in [0.15, 0.2) is 11.6 Å². The van der Waals surface area contributed by atoms with Crippen molar-refractivity contribution in [3.8, 4) is 0 Å². The van der Waals surface area contributed by atoms with Gasteiger partial charge in [-0.2, -0.15) is 0 Å². The van der Waals surface area contributed by atoms with Gasteiger partial charge < -0.3 is 28.4 Å². The summed E-state index contributed by atoms with van der Waals surface area (Å²) in [6.07, 6.45) is 3.55. The number of carbonyl (C=O) groups is 2. The minimum absolute atomic E-state index is 0.163. The van der Waals surface area contributed by atoms with Crippen molar-refractivity contribution in [2.24, 2.45) is 5.92 Å². The molecule has 0 spiro atoms. The molecule has 0 aliphatic carbocycles. The summed E-state index contributed by atoms with van der Waals surface area (Å²) in [6.45, 7) is 18.0. The predicted molar refractivity (Wildman–Crippen MR) is 111 cm³/mol. The standard InChI is InChI=1S/C12H20O4.C10H16O4/c1-5-11(13)14-7-10-8-15-12(4,16-10)6-9(2)3;1-4-9(11)12-6-8-7-13-10(3,5-2)14-8/h5,9-10H,1,6-8H2,2-4H3;4,8H,1,5-7H2,2-3H3. The van der Waals surface area contributed by atoms with E-state index in [2.05, 4.69) is 27.0 Å². The van der Waals surface area contributed by atoms with E-state index in [1.54, 1.807) is 0 Å². The van der Waals surface area contributed by atoms with E-state index in [0.717, 1.165) is 25.0 Å². The van der Waals surface area contributed by atoms with Gasteiger partial charge in [-0.05, 0) is 26.2 Å². The number of carbonyl (C=O) groups excluding carboxylic acids is 2. The largest absolute Gasteiger partial charge is 0.460 e. The molecular formula is C22H36O8. The van der Waals surface area contributed by atoms with E-state index < -0.39 is 23.5 Å². The lowest BCUT2D eigenvalue weighted by atomic mass is 10.0. The molecule has 8 heteroatoms. The summed E-state index contributed by atoms with van der Waals surface area (Å²) in [6, 6.07) is 0. The molecule has 2 fully saturated rings. The van der Waals surface area contributed by atoms with Crippen molar-refractivity contribution < 1.29 is 38.0 Å². The van der Waals surface area contributed by atoms with Gasteiger partial charge in [0.2, 0.25) is 0 Å². The Morgan fingerprint density at radius 1 is 0.967 bits per heavy atom. The van der Waals surface area contributed by atoms with Crippen LogP contribution in [0.2, 0.25) is 0 Å². The summed E-state index contributed by atoms with van der Waals surface area (Å²) in [7, 11) is 0. The smallest absolute Gasteiger partial charge is 0.330 e. The van der Waals surface area contributed by atoms with Crippen molar-refractivity contribution in [3.05, 3.63) is 25.3 Å². The van der Waals surface area contributed by atoms with Crippen LogP contribution in [0.5, 0.6) is 0 Å². The van der Waals surface area contributed by atoms with Crippen molar-refractivity contribution in [3.63, 3.8) is 0 Å². The summed E-state index contributed by atoms with van der Waals surface area (Å²) < 4.78 is 32.1. The highest BCUT2D eigenvalue weighted by Crippen LogP contribution is 2.30. The highest BCUT2D eigenvalue weighted by molar-refractivity contribution is 5.81. The summed E-state index contributed by atoms with van der Waals surface area (Å²) in [4.78, 5) is 21.6. The lowest BCUT2D eigenvalue weighted by molar-refractivity contribution is -0.172. The molecule has 0 aromatic heterocycles. The first-order valence-electron chi connectivity index (χ1n) is 10.3. The van der Waals surface area contributed by atoms with Gasteiger partial charge in [0.05, 0.1) is 13.2 Å². The summed E-state index contributed by atoms with van der Waals surface area (Å²) in [5, 5.41) is 0. The molecule has 4 unspecified atom stereocenters. The number of esters is 2. The van der Waals surface area contributed by atoms with Gasteiger partial charge in [-0.3, -0.25) is 0 Å². The number of ether oxygens (including phenoxy) is 6. The maximum absolute atomic E-state index is 10.9.